The Morgan fingerprint density at radius 1 is 1.18 bits per heavy atom. The summed E-state index contributed by atoms with van der Waals surface area (Å²) in [5, 5.41) is 6.47. The molecule has 0 aliphatic carbocycles. The molecular weight excluding hydrogens is 536 g/mol. The van der Waals surface area contributed by atoms with Crippen LogP contribution >= 0.6 is 11.3 Å². The topological polar surface area (TPSA) is 94.6 Å². The van der Waals surface area contributed by atoms with Gasteiger partial charge in [-0.2, -0.15) is 0 Å². The summed E-state index contributed by atoms with van der Waals surface area (Å²) in [6.45, 7) is 4.53. The molecule has 0 spiro atoms. The van der Waals surface area contributed by atoms with Gasteiger partial charge < -0.3 is 15.5 Å². The van der Waals surface area contributed by atoms with E-state index in [-0.39, 0.29) is 23.4 Å². The molecule has 40 heavy (non-hydrogen) atoms. The van der Waals surface area contributed by atoms with Gasteiger partial charge in [0.15, 0.2) is 0 Å². The maximum absolute atomic E-state index is 14.5. The lowest BCUT2D eigenvalue weighted by Crippen LogP contribution is -2.49. The zero-order valence-electron chi connectivity index (χ0n) is 21.1. The van der Waals surface area contributed by atoms with Crippen molar-refractivity contribution in [3.63, 3.8) is 0 Å². The van der Waals surface area contributed by atoms with E-state index in [4.69, 9.17) is 0 Å². The smallest absolute Gasteiger partial charge is 0.331 e. The number of aromatic nitrogens is 1. The van der Waals surface area contributed by atoms with Gasteiger partial charge in [-0.1, -0.05) is 18.7 Å². The largest absolute Gasteiger partial charge is 0.347 e. The molecule has 4 amide bonds. The highest BCUT2D eigenvalue weighted by atomic mass is 32.1. The molecular formula is C29H23F2N5O3S. The monoisotopic (exact) mass is 559 g/mol. The van der Waals surface area contributed by atoms with Crippen LogP contribution in [0, 0.1) is 11.6 Å². The number of urea groups is 1. The van der Waals surface area contributed by atoms with Crippen LogP contribution in [0.4, 0.5) is 30.6 Å². The van der Waals surface area contributed by atoms with Gasteiger partial charge in [-0.15, -0.1) is 11.3 Å². The first-order valence-electron chi connectivity index (χ1n) is 12.6. The zero-order chi connectivity index (χ0) is 28.0. The lowest BCUT2D eigenvalue weighted by Gasteiger charge is -2.32. The number of amides is 4. The van der Waals surface area contributed by atoms with Crippen LogP contribution < -0.4 is 15.5 Å². The van der Waals surface area contributed by atoms with E-state index in [1.54, 1.807) is 41.4 Å². The highest BCUT2D eigenvalue weighted by molar-refractivity contribution is 7.21. The predicted molar refractivity (Wildman–Crippen MR) is 150 cm³/mol. The van der Waals surface area contributed by atoms with E-state index in [0.717, 1.165) is 18.9 Å². The highest BCUT2D eigenvalue weighted by Crippen LogP contribution is 2.46. The number of hydrogen-bond donors (Lipinski definition) is 2. The number of rotatable bonds is 5. The quantitative estimate of drug-likeness (QED) is 0.301. The van der Waals surface area contributed by atoms with Gasteiger partial charge in [-0.05, 0) is 54.8 Å². The minimum absolute atomic E-state index is 0.177. The van der Waals surface area contributed by atoms with Crippen molar-refractivity contribution >= 4 is 56.5 Å². The number of thiophene rings is 1. The number of halogens is 2. The normalized spacial score (nSPS) is 16.6. The van der Waals surface area contributed by atoms with Crippen molar-refractivity contribution in [2.75, 3.05) is 23.3 Å². The molecule has 4 aromatic rings. The van der Waals surface area contributed by atoms with E-state index >= 15 is 0 Å². The molecule has 0 bridgehead atoms. The number of carbonyl (C=O) groups excluding carboxylic acids is 3. The third-order valence-electron chi connectivity index (χ3n) is 7.04. The van der Waals surface area contributed by atoms with Crippen molar-refractivity contribution in [3.05, 3.63) is 83.9 Å². The maximum Gasteiger partial charge on any atom is 0.331 e. The number of nitrogens with zero attached hydrogens (tertiary/aromatic N) is 3. The van der Waals surface area contributed by atoms with Gasteiger partial charge in [-0.25, -0.2) is 18.6 Å². The number of hydrogen-bond acceptors (Lipinski definition) is 5. The first kappa shape index (κ1) is 25.6. The number of pyridine rings is 1. The van der Waals surface area contributed by atoms with Crippen molar-refractivity contribution < 1.29 is 23.2 Å². The van der Waals surface area contributed by atoms with Crippen molar-refractivity contribution in [2.45, 2.75) is 18.9 Å². The molecule has 2 aromatic carbocycles. The van der Waals surface area contributed by atoms with Gasteiger partial charge in [0, 0.05) is 37.0 Å². The first-order chi connectivity index (χ1) is 19.3. The summed E-state index contributed by atoms with van der Waals surface area (Å²) in [6, 6.07) is 11.0. The third-order valence-corrected chi connectivity index (χ3v) is 8.14. The lowest BCUT2D eigenvalue weighted by molar-refractivity contribution is -0.127. The van der Waals surface area contributed by atoms with Crippen LogP contribution in [0.1, 0.15) is 22.5 Å². The molecule has 8 nitrogen and oxygen atoms in total. The average molecular weight is 560 g/mol. The highest BCUT2D eigenvalue weighted by Gasteiger charge is 2.34. The molecule has 0 unspecified atom stereocenters. The summed E-state index contributed by atoms with van der Waals surface area (Å²) in [5.41, 5.74) is 2.03. The molecule has 2 aromatic heterocycles. The summed E-state index contributed by atoms with van der Waals surface area (Å²) in [4.78, 5) is 47.3. The van der Waals surface area contributed by atoms with Gasteiger partial charge >= 0.3 is 6.03 Å². The molecule has 1 saturated heterocycles. The number of piperidine rings is 1. The Balaban J connectivity index is 1.34. The molecule has 0 radical (unpaired) electrons. The van der Waals surface area contributed by atoms with Crippen LogP contribution in [0.3, 0.4) is 0 Å². The van der Waals surface area contributed by atoms with E-state index in [0.29, 0.717) is 50.8 Å². The minimum atomic E-state index is -0.711. The van der Waals surface area contributed by atoms with E-state index in [1.165, 1.54) is 34.4 Å². The second kappa shape index (κ2) is 10.2. The summed E-state index contributed by atoms with van der Waals surface area (Å²) < 4.78 is 27.9. The predicted octanol–water partition coefficient (Wildman–Crippen LogP) is 5.83. The van der Waals surface area contributed by atoms with Crippen molar-refractivity contribution in [1.29, 1.82) is 0 Å². The standard InChI is InChI=1S/C29H23F2N5O3S/c1-2-23(37)35-12-4-6-18(15-35)33-27(38)26-25-24-22(10-11-32-28(24)40-26)36(29(39)34-25)19-7-3-5-16(13-19)20-9-8-17(30)14-21(20)31/h2-3,5,7-11,13-14,18H,1,4,6,12,15H2,(H,33,38)(H,34,39)/t18-/m1/s1. The van der Waals surface area contributed by atoms with E-state index in [1.807, 2.05) is 0 Å². The van der Waals surface area contributed by atoms with Crippen molar-refractivity contribution in [1.82, 2.24) is 15.2 Å². The fraction of sp³-hybridized carbons (Fsp3) is 0.172. The van der Waals surface area contributed by atoms with E-state index < -0.39 is 17.7 Å². The third kappa shape index (κ3) is 4.47. The Morgan fingerprint density at radius 2 is 2.02 bits per heavy atom. The molecule has 2 aliphatic heterocycles. The van der Waals surface area contributed by atoms with Gasteiger partial charge in [0.25, 0.3) is 5.91 Å². The Kier molecular flexibility index (Phi) is 6.51. The molecule has 4 heterocycles. The fourth-order valence-electron chi connectivity index (χ4n) is 5.21. The molecule has 11 heteroatoms. The summed E-state index contributed by atoms with van der Waals surface area (Å²) in [6.07, 6.45) is 4.30. The molecule has 2 N–H and O–H groups in total. The Labute approximate surface area is 231 Å². The maximum atomic E-state index is 14.5. The van der Waals surface area contributed by atoms with Crippen LogP contribution in [0.2, 0.25) is 0 Å². The summed E-state index contributed by atoms with van der Waals surface area (Å²) in [7, 11) is 0. The van der Waals surface area contributed by atoms with Gasteiger partial charge in [0.2, 0.25) is 5.91 Å². The van der Waals surface area contributed by atoms with Crippen LogP contribution in [0.15, 0.2) is 67.4 Å². The van der Waals surface area contributed by atoms with Crippen LogP contribution in [-0.4, -0.2) is 46.9 Å². The van der Waals surface area contributed by atoms with Crippen molar-refractivity contribution in [3.8, 4) is 11.1 Å². The second-order valence-corrected chi connectivity index (χ2v) is 10.6. The number of nitrogens with one attached hydrogen (secondary N) is 2. The van der Waals surface area contributed by atoms with Crippen LogP contribution in [0.25, 0.3) is 21.3 Å². The summed E-state index contributed by atoms with van der Waals surface area (Å²) in [5.74, 6) is -1.92. The molecule has 1 fully saturated rings. The average Bonchev–Trinajstić information content (AvgIpc) is 3.32. The lowest BCUT2D eigenvalue weighted by atomic mass is 10.0. The zero-order valence-corrected chi connectivity index (χ0v) is 21.9. The van der Waals surface area contributed by atoms with E-state index in [2.05, 4.69) is 22.2 Å². The molecule has 6 rings (SSSR count). The second-order valence-electron chi connectivity index (χ2n) is 9.56. The fourth-order valence-corrected chi connectivity index (χ4v) is 6.23. The summed E-state index contributed by atoms with van der Waals surface area (Å²) >= 11 is 1.17. The number of anilines is 3. The Bertz CT molecular complexity index is 1700. The molecule has 0 saturated carbocycles. The minimum Gasteiger partial charge on any atom is -0.347 e. The Hall–Kier alpha value is -4.64. The first-order valence-corrected chi connectivity index (χ1v) is 13.5. The van der Waals surface area contributed by atoms with Gasteiger partial charge in [0.1, 0.15) is 21.3 Å². The number of benzene rings is 2. The van der Waals surface area contributed by atoms with Gasteiger partial charge in [-0.3, -0.25) is 14.5 Å². The molecule has 2 aliphatic rings. The van der Waals surface area contributed by atoms with Crippen LogP contribution in [0.5, 0.6) is 0 Å². The molecule has 1 atom stereocenters. The molecule has 202 valence electrons. The number of likely N-dealkylation sites (tertiary alicyclic amines) is 1. The van der Waals surface area contributed by atoms with Crippen LogP contribution in [-0.2, 0) is 4.79 Å². The SMILES string of the molecule is C=CC(=O)N1CCC[C@@H](NC(=O)c2sc3nccc4c3c2NC(=O)N4c2cccc(-c3ccc(F)cc3F)c2)C1. The Morgan fingerprint density at radius 3 is 2.83 bits per heavy atom. The van der Waals surface area contributed by atoms with E-state index in [9.17, 15) is 23.2 Å². The van der Waals surface area contributed by atoms with Gasteiger partial charge in [0.05, 0.1) is 22.4 Å². The number of carbonyl (C=O) groups is 3. The van der Waals surface area contributed by atoms with Crippen molar-refractivity contribution in [2.24, 2.45) is 0 Å².